The number of nitroso groups, excluding NO2 is 1. The fourth-order valence-electron chi connectivity index (χ4n) is 2.42. The first-order chi connectivity index (χ1) is 7.02. The first-order valence-corrected chi connectivity index (χ1v) is 5.27. The molecule has 1 aromatic rings. The maximum absolute atomic E-state index is 10.5. The van der Waals surface area contributed by atoms with E-state index in [1.165, 1.54) is 5.56 Å². The van der Waals surface area contributed by atoms with E-state index in [9.17, 15) is 4.91 Å². The summed E-state index contributed by atoms with van der Waals surface area (Å²) in [7, 11) is 0. The molecule has 3 nitrogen and oxygen atoms in total. The summed E-state index contributed by atoms with van der Waals surface area (Å²) in [5.74, 6) is 0.470. The van der Waals surface area contributed by atoms with E-state index in [2.05, 4.69) is 31.3 Å². The van der Waals surface area contributed by atoms with Crippen LogP contribution in [0.15, 0.2) is 23.4 Å². The molecule has 0 bridgehead atoms. The minimum Gasteiger partial charge on any atom is -0.380 e. The topological polar surface area (TPSA) is 41.5 Å². The van der Waals surface area contributed by atoms with Gasteiger partial charge in [-0.15, -0.1) is 4.91 Å². The van der Waals surface area contributed by atoms with Gasteiger partial charge in [-0.3, -0.25) is 0 Å². The molecule has 1 atom stereocenters. The predicted molar refractivity (Wildman–Crippen MR) is 62.6 cm³/mol. The Kier molecular flexibility index (Phi) is 2.25. The summed E-state index contributed by atoms with van der Waals surface area (Å²) in [5, 5.41) is 6.45. The van der Waals surface area contributed by atoms with Crippen molar-refractivity contribution < 1.29 is 0 Å². The molecule has 0 unspecified atom stereocenters. The zero-order chi connectivity index (χ0) is 11.1. The number of rotatable bonds is 1. The van der Waals surface area contributed by atoms with Gasteiger partial charge in [0.05, 0.1) is 0 Å². The Morgan fingerprint density at radius 2 is 2.20 bits per heavy atom. The third-order valence-electron chi connectivity index (χ3n) is 2.96. The molecule has 1 aromatic carbocycles. The number of fused-ring (bicyclic) bond motifs is 1. The summed E-state index contributed by atoms with van der Waals surface area (Å²) in [4.78, 5) is 10.5. The molecule has 1 N–H and O–H groups in total. The Hall–Kier alpha value is -1.38. The van der Waals surface area contributed by atoms with Crippen molar-refractivity contribution in [1.82, 2.24) is 0 Å². The van der Waals surface area contributed by atoms with E-state index >= 15 is 0 Å². The van der Waals surface area contributed by atoms with Crippen molar-refractivity contribution in [1.29, 1.82) is 0 Å². The van der Waals surface area contributed by atoms with Crippen LogP contribution in [-0.2, 0) is 0 Å². The number of hydrogen-bond donors (Lipinski definition) is 1. The van der Waals surface area contributed by atoms with Crippen LogP contribution in [0.1, 0.15) is 38.7 Å². The molecule has 1 aliphatic heterocycles. The molecule has 0 fully saturated rings. The highest BCUT2D eigenvalue weighted by Gasteiger charge is 2.29. The van der Waals surface area contributed by atoms with Crippen molar-refractivity contribution >= 4 is 11.4 Å². The van der Waals surface area contributed by atoms with Crippen LogP contribution in [0.5, 0.6) is 0 Å². The van der Waals surface area contributed by atoms with Crippen molar-refractivity contribution in [2.75, 3.05) is 5.32 Å². The minimum absolute atomic E-state index is 0.128. The number of hydrogen-bond acceptors (Lipinski definition) is 3. The van der Waals surface area contributed by atoms with Gasteiger partial charge in [-0.2, -0.15) is 0 Å². The Balaban J connectivity index is 2.45. The number of nitrogens with one attached hydrogen (secondary N) is 1. The van der Waals surface area contributed by atoms with Gasteiger partial charge in [-0.1, -0.05) is 6.92 Å². The molecule has 0 aliphatic carbocycles. The molecule has 1 heterocycles. The fourth-order valence-corrected chi connectivity index (χ4v) is 2.42. The Morgan fingerprint density at radius 1 is 1.47 bits per heavy atom. The highest BCUT2D eigenvalue weighted by atomic mass is 16.3. The highest BCUT2D eigenvalue weighted by Crippen LogP contribution is 2.39. The average Bonchev–Trinajstić information content (AvgIpc) is 2.15. The first-order valence-electron chi connectivity index (χ1n) is 5.27. The van der Waals surface area contributed by atoms with Crippen LogP contribution in [-0.4, -0.2) is 5.54 Å². The van der Waals surface area contributed by atoms with Crippen LogP contribution in [0, 0.1) is 4.91 Å². The monoisotopic (exact) mass is 204 g/mol. The zero-order valence-electron chi connectivity index (χ0n) is 9.37. The van der Waals surface area contributed by atoms with Crippen molar-refractivity contribution in [2.45, 2.75) is 38.6 Å². The van der Waals surface area contributed by atoms with E-state index in [-0.39, 0.29) is 5.54 Å². The second-order valence-electron chi connectivity index (χ2n) is 4.98. The number of anilines is 1. The highest BCUT2D eigenvalue weighted by molar-refractivity contribution is 5.61. The van der Waals surface area contributed by atoms with Crippen LogP contribution < -0.4 is 5.32 Å². The quantitative estimate of drug-likeness (QED) is 0.707. The molecule has 0 saturated carbocycles. The molecular weight excluding hydrogens is 188 g/mol. The summed E-state index contributed by atoms with van der Waals surface area (Å²) >= 11 is 0. The first kappa shape index (κ1) is 10.1. The number of benzene rings is 1. The standard InChI is InChI=1S/C12H16N2O/c1-8-7-12(2,3)13-11-5-4-9(14-15)6-10(8)11/h4-6,8,13H,7H2,1-3H3/t8-/m0/s1. The van der Waals surface area contributed by atoms with Gasteiger partial charge >= 0.3 is 0 Å². The molecule has 0 radical (unpaired) electrons. The molecular formula is C12H16N2O. The van der Waals surface area contributed by atoms with E-state index in [0.717, 1.165) is 12.1 Å². The Morgan fingerprint density at radius 3 is 2.87 bits per heavy atom. The summed E-state index contributed by atoms with van der Waals surface area (Å²) in [6.45, 7) is 6.58. The summed E-state index contributed by atoms with van der Waals surface area (Å²) in [5.41, 5.74) is 2.97. The molecule has 3 heteroatoms. The lowest BCUT2D eigenvalue weighted by molar-refractivity contribution is 0.454. The SMILES string of the molecule is C[C@H]1CC(C)(C)Nc2ccc(N=O)cc21. The molecule has 0 saturated heterocycles. The zero-order valence-corrected chi connectivity index (χ0v) is 9.37. The second kappa shape index (κ2) is 3.33. The lowest BCUT2D eigenvalue weighted by Gasteiger charge is -2.37. The third-order valence-corrected chi connectivity index (χ3v) is 2.96. The van der Waals surface area contributed by atoms with Gasteiger partial charge in [-0.25, -0.2) is 0 Å². The van der Waals surface area contributed by atoms with E-state index in [4.69, 9.17) is 0 Å². The van der Waals surface area contributed by atoms with E-state index < -0.39 is 0 Å². The van der Waals surface area contributed by atoms with Crippen LogP contribution in [0.25, 0.3) is 0 Å². The lowest BCUT2D eigenvalue weighted by atomic mass is 9.82. The van der Waals surface area contributed by atoms with Gasteiger partial charge in [0.15, 0.2) is 0 Å². The van der Waals surface area contributed by atoms with Gasteiger partial charge < -0.3 is 5.32 Å². The molecule has 1 aliphatic rings. The van der Waals surface area contributed by atoms with E-state index in [1.807, 2.05) is 12.1 Å². The molecule has 0 amide bonds. The van der Waals surface area contributed by atoms with Gasteiger partial charge in [-0.05, 0) is 55.1 Å². The molecule has 0 aromatic heterocycles. The van der Waals surface area contributed by atoms with E-state index in [1.54, 1.807) is 6.07 Å². The Bertz CT molecular complexity index is 399. The van der Waals surface area contributed by atoms with Gasteiger partial charge in [0.1, 0.15) is 5.69 Å². The van der Waals surface area contributed by atoms with Gasteiger partial charge in [0, 0.05) is 11.2 Å². The molecule has 15 heavy (non-hydrogen) atoms. The number of nitrogens with zero attached hydrogens (tertiary/aromatic N) is 1. The maximum atomic E-state index is 10.5. The van der Waals surface area contributed by atoms with Crippen molar-refractivity contribution in [3.05, 3.63) is 28.7 Å². The lowest BCUT2D eigenvalue weighted by Crippen LogP contribution is -2.36. The van der Waals surface area contributed by atoms with Gasteiger partial charge in [0.2, 0.25) is 0 Å². The van der Waals surface area contributed by atoms with E-state index in [0.29, 0.717) is 11.6 Å². The Labute approximate surface area is 89.9 Å². The maximum Gasteiger partial charge on any atom is 0.108 e. The normalized spacial score (nSPS) is 22.7. The molecule has 80 valence electrons. The smallest absolute Gasteiger partial charge is 0.108 e. The second-order valence-corrected chi connectivity index (χ2v) is 4.98. The van der Waals surface area contributed by atoms with Crippen molar-refractivity contribution in [2.24, 2.45) is 5.18 Å². The molecule has 0 spiro atoms. The van der Waals surface area contributed by atoms with Crippen molar-refractivity contribution in [3.8, 4) is 0 Å². The van der Waals surface area contributed by atoms with Crippen LogP contribution in [0.2, 0.25) is 0 Å². The minimum atomic E-state index is 0.128. The van der Waals surface area contributed by atoms with Crippen LogP contribution >= 0.6 is 0 Å². The van der Waals surface area contributed by atoms with Crippen LogP contribution in [0.4, 0.5) is 11.4 Å². The molecule has 2 rings (SSSR count). The average molecular weight is 204 g/mol. The third kappa shape index (κ3) is 1.87. The fraction of sp³-hybridized carbons (Fsp3) is 0.500. The summed E-state index contributed by atoms with van der Waals surface area (Å²) in [6.07, 6.45) is 1.07. The summed E-state index contributed by atoms with van der Waals surface area (Å²) < 4.78 is 0. The largest absolute Gasteiger partial charge is 0.380 e. The van der Waals surface area contributed by atoms with Crippen molar-refractivity contribution in [3.63, 3.8) is 0 Å². The van der Waals surface area contributed by atoms with Gasteiger partial charge in [0.25, 0.3) is 0 Å². The predicted octanol–water partition coefficient (Wildman–Crippen LogP) is 3.78. The van der Waals surface area contributed by atoms with Crippen LogP contribution in [0.3, 0.4) is 0 Å². The summed E-state index contributed by atoms with van der Waals surface area (Å²) in [6, 6.07) is 5.59.